The summed E-state index contributed by atoms with van der Waals surface area (Å²) in [4.78, 5) is 16.1. The first-order chi connectivity index (χ1) is 11.7. The Balaban J connectivity index is 1.95. The van der Waals surface area contributed by atoms with Crippen LogP contribution in [0.2, 0.25) is 0 Å². The average Bonchev–Trinajstić information content (AvgIpc) is 2.95. The zero-order chi connectivity index (χ0) is 16.9. The number of hydrogen-bond donors (Lipinski definition) is 0. The fraction of sp³-hybridized carbons (Fsp3) is 0.0526. The molecule has 5 heteroatoms. The van der Waals surface area contributed by atoms with Crippen molar-refractivity contribution in [3.8, 4) is 5.75 Å². The second-order valence-corrected chi connectivity index (χ2v) is 4.95. The highest BCUT2D eigenvalue weighted by atomic mass is 19.1. The van der Waals surface area contributed by atoms with E-state index in [1.807, 2.05) is 12.1 Å². The number of carbonyl (C=O) groups excluding carboxylic acids is 1. The fourth-order valence-electron chi connectivity index (χ4n) is 2.19. The molecule has 0 amide bonds. The van der Waals surface area contributed by atoms with Crippen molar-refractivity contribution in [2.24, 2.45) is 4.99 Å². The van der Waals surface area contributed by atoms with E-state index in [1.165, 1.54) is 12.1 Å². The molecule has 0 radical (unpaired) electrons. The summed E-state index contributed by atoms with van der Waals surface area (Å²) >= 11 is 0. The number of benzene rings is 2. The van der Waals surface area contributed by atoms with Crippen LogP contribution in [0.25, 0.3) is 6.08 Å². The summed E-state index contributed by atoms with van der Waals surface area (Å²) in [5.74, 6) is -0.590. The first-order valence-corrected chi connectivity index (χ1v) is 7.29. The van der Waals surface area contributed by atoms with Gasteiger partial charge in [0.25, 0.3) is 0 Å². The molecule has 0 fully saturated rings. The number of ether oxygens (including phenoxy) is 2. The summed E-state index contributed by atoms with van der Waals surface area (Å²) in [5.41, 5.74) is 0.901. The van der Waals surface area contributed by atoms with E-state index in [1.54, 1.807) is 36.4 Å². The molecule has 1 aliphatic heterocycles. The summed E-state index contributed by atoms with van der Waals surface area (Å²) in [6, 6.07) is 13.2. The Bertz CT molecular complexity index is 855. The molecule has 1 heterocycles. The van der Waals surface area contributed by atoms with E-state index in [-0.39, 0.29) is 17.2 Å². The molecule has 0 spiro atoms. The molecule has 2 aromatic carbocycles. The molecule has 0 bridgehead atoms. The normalized spacial score (nSPS) is 15.1. The van der Waals surface area contributed by atoms with Crippen LogP contribution in [0.15, 0.2) is 71.9 Å². The Kier molecular flexibility index (Phi) is 4.52. The number of nitrogens with zero attached hydrogens (tertiary/aromatic N) is 1. The van der Waals surface area contributed by atoms with E-state index < -0.39 is 11.8 Å². The van der Waals surface area contributed by atoms with Gasteiger partial charge in [-0.1, -0.05) is 43.0 Å². The van der Waals surface area contributed by atoms with Crippen molar-refractivity contribution in [2.45, 2.75) is 0 Å². The van der Waals surface area contributed by atoms with Crippen molar-refractivity contribution in [1.29, 1.82) is 0 Å². The topological polar surface area (TPSA) is 47.9 Å². The van der Waals surface area contributed by atoms with E-state index in [9.17, 15) is 9.18 Å². The molecule has 120 valence electrons. The summed E-state index contributed by atoms with van der Waals surface area (Å²) in [6.07, 6.45) is 3.18. The van der Waals surface area contributed by atoms with Gasteiger partial charge in [-0.25, -0.2) is 14.2 Å². The standard InChI is InChI=1S/C19H14FNO3/c1-2-11-23-17-10-6-3-7-13(17)12-16-19(22)24-18(21-16)14-8-4-5-9-15(14)20/h2-10,12H,1,11H2/b16-12+. The lowest BCUT2D eigenvalue weighted by molar-refractivity contribution is -0.129. The minimum absolute atomic E-state index is 0.0474. The van der Waals surface area contributed by atoms with Crippen LogP contribution in [0.4, 0.5) is 4.39 Å². The molecule has 24 heavy (non-hydrogen) atoms. The molecule has 1 aliphatic rings. The summed E-state index contributed by atoms with van der Waals surface area (Å²) in [5, 5.41) is 0. The Morgan fingerprint density at radius 1 is 1.17 bits per heavy atom. The number of hydrogen-bond acceptors (Lipinski definition) is 4. The maximum absolute atomic E-state index is 13.8. The molecule has 3 rings (SSSR count). The van der Waals surface area contributed by atoms with Gasteiger partial charge >= 0.3 is 5.97 Å². The van der Waals surface area contributed by atoms with Crippen LogP contribution in [0.3, 0.4) is 0 Å². The maximum atomic E-state index is 13.8. The zero-order valence-electron chi connectivity index (χ0n) is 12.7. The van der Waals surface area contributed by atoms with Crippen molar-refractivity contribution >= 4 is 17.9 Å². The maximum Gasteiger partial charge on any atom is 0.363 e. The number of halogens is 1. The number of carbonyl (C=O) groups is 1. The second-order valence-electron chi connectivity index (χ2n) is 4.95. The molecule has 2 aromatic rings. The van der Waals surface area contributed by atoms with Crippen molar-refractivity contribution < 1.29 is 18.7 Å². The first kappa shape index (κ1) is 15.7. The number of para-hydroxylation sites is 1. The van der Waals surface area contributed by atoms with Gasteiger partial charge in [0.15, 0.2) is 5.70 Å². The predicted octanol–water partition coefficient (Wildman–Crippen LogP) is 3.74. The summed E-state index contributed by atoms with van der Waals surface area (Å²) in [7, 11) is 0. The SMILES string of the molecule is C=CCOc1ccccc1/C=C1/N=C(c2ccccc2F)OC1=O. The smallest absolute Gasteiger partial charge is 0.363 e. The Hall–Kier alpha value is -3.21. The van der Waals surface area contributed by atoms with Crippen molar-refractivity contribution in [1.82, 2.24) is 0 Å². The molecular weight excluding hydrogens is 309 g/mol. The number of esters is 1. The lowest BCUT2D eigenvalue weighted by Gasteiger charge is -2.06. The third-order valence-corrected chi connectivity index (χ3v) is 3.29. The van der Waals surface area contributed by atoms with E-state index >= 15 is 0 Å². The van der Waals surface area contributed by atoms with Gasteiger partial charge < -0.3 is 9.47 Å². The van der Waals surface area contributed by atoms with Gasteiger partial charge in [0.2, 0.25) is 5.90 Å². The Morgan fingerprint density at radius 2 is 1.92 bits per heavy atom. The van der Waals surface area contributed by atoms with Crippen LogP contribution in [0.5, 0.6) is 5.75 Å². The highest BCUT2D eigenvalue weighted by Crippen LogP contribution is 2.25. The van der Waals surface area contributed by atoms with Crippen LogP contribution in [-0.4, -0.2) is 18.5 Å². The van der Waals surface area contributed by atoms with Crippen LogP contribution in [-0.2, 0) is 9.53 Å². The van der Waals surface area contributed by atoms with E-state index in [0.717, 1.165) is 0 Å². The van der Waals surface area contributed by atoms with Crippen LogP contribution in [0.1, 0.15) is 11.1 Å². The Labute approximate surface area is 138 Å². The predicted molar refractivity (Wildman–Crippen MR) is 89.1 cm³/mol. The minimum Gasteiger partial charge on any atom is -0.489 e. The number of aliphatic imine (C=N–C) groups is 1. The van der Waals surface area contributed by atoms with Crippen LogP contribution >= 0.6 is 0 Å². The minimum atomic E-state index is -0.633. The molecule has 4 nitrogen and oxygen atoms in total. The fourth-order valence-corrected chi connectivity index (χ4v) is 2.19. The molecule has 0 saturated heterocycles. The molecule has 0 aliphatic carbocycles. The average molecular weight is 323 g/mol. The summed E-state index contributed by atoms with van der Waals surface area (Å²) < 4.78 is 24.4. The lowest BCUT2D eigenvalue weighted by Crippen LogP contribution is -2.07. The quantitative estimate of drug-likeness (QED) is 0.478. The van der Waals surface area contributed by atoms with E-state index in [0.29, 0.717) is 17.9 Å². The van der Waals surface area contributed by atoms with Gasteiger partial charge in [0.1, 0.15) is 18.2 Å². The highest BCUT2D eigenvalue weighted by molar-refractivity contribution is 6.13. The van der Waals surface area contributed by atoms with Gasteiger partial charge in [0, 0.05) is 5.56 Å². The Morgan fingerprint density at radius 3 is 2.71 bits per heavy atom. The van der Waals surface area contributed by atoms with Crippen molar-refractivity contribution in [3.63, 3.8) is 0 Å². The highest BCUT2D eigenvalue weighted by Gasteiger charge is 2.26. The van der Waals surface area contributed by atoms with Crippen LogP contribution in [0, 0.1) is 5.82 Å². The van der Waals surface area contributed by atoms with Crippen LogP contribution < -0.4 is 4.74 Å². The van der Waals surface area contributed by atoms with Gasteiger partial charge in [-0.2, -0.15) is 0 Å². The third kappa shape index (κ3) is 3.25. The number of rotatable bonds is 5. The van der Waals surface area contributed by atoms with Gasteiger partial charge in [-0.3, -0.25) is 0 Å². The first-order valence-electron chi connectivity index (χ1n) is 7.29. The molecule has 0 atom stereocenters. The number of cyclic esters (lactones) is 1. The van der Waals surface area contributed by atoms with Gasteiger partial charge in [-0.05, 0) is 24.3 Å². The molecule has 0 aromatic heterocycles. The third-order valence-electron chi connectivity index (χ3n) is 3.29. The molecule has 0 saturated carbocycles. The lowest BCUT2D eigenvalue weighted by atomic mass is 10.1. The zero-order valence-corrected chi connectivity index (χ0v) is 12.7. The van der Waals surface area contributed by atoms with E-state index in [4.69, 9.17) is 9.47 Å². The largest absolute Gasteiger partial charge is 0.489 e. The second kappa shape index (κ2) is 6.91. The molecule has 0 unspecified atom stereocenters. The van der Waals surface area contributed by atoms with Gasteiger partial charge in [0.05, 0.1) is 5.56 Å². The van der Waals surface area contributed by atoms with Gasteiger partial charge in [-0.15, -0.1) is 0 Å². The van der Waals surface area contributed by atoms with E-state index in [2.05, 4.69) is 11.6 Å². The van der Waals surface area contributed by atoms with Crippen molar-refractivity contribution in [2.75, 3.05) is 6.61 Å². The monoisotopic (exact) mass is 323 g/mol. The molecule has 0 N–H and O–H groups in total. The molecular formula is C19H14FNO3. The summed E-state index contributed by atoms with van der Waals surface area (Å²) in [6.45, 7) is 3.94. The van der Waals surface area contributed by atoms with Crippen molar-refractivity contribution in [3.05, 3.63) is 83.8 Å².